The molecule has 0 saturated heterocycles. The minimum absolute atomic E-state index is 0.220. The largest absolute Gasteiger partial charge is 0.462 e. The summed E-state index contributed by atoms with van der Waals surface area (Å²) in [6, 6.07) is 3.91. The van der Waals surface area contributed by atoms with Crippen molar-refractivity contribution in [3.63, 3.8) is 0 Å². The maximum atomic E-state index is 12.1. The molecule has 18 heavy (non-hydrogen) atoms. The van der Waals surface area contributed by atoms with Crippen LogP contribution in [0.4, 0.5) is 0 Å². The second-order valence-electron chi connectivity index (χ2n) is 3.98. The minimum atomic E-state index is -0.220. The van der Waals surface area contributed by atoms with Gasteiger partial charge in [0.2, 0.25) is 0 Å². The van der Waals surface area contributed by atoms with E-state index in [1.54, 1.807) is 11.3 Å². The molecular formula is C14H17NO2S. The molecule has 2 heterocycles. The van der Waals surface area contributed by atoms with Crippen molar-refractivity contribution in [1.29, 1.82) is 0 Å². The van der Waals surface area contributed by atoms with Crippen molar-refractivity contribution in [1.82, 2.24) is 4.57 Å². The molecule has 4 heteroatoms. The predicted octanol–water partition coefficient (Wildman–Crippen LogP) is 3.59. The molecule has 0 radical (unpaired) electrons. The predicted molar refractivity (Wildman–Crippen MR) is 73.7 cm³/mol. The summed E-state index contributed by atoms with van der Waals surface area (Å²) in [5, 5.41) is 0.952. The Bertz CT molecular complexity index is 540. The van der Waals surface area contributed by atoms with Gasteiger partial charge in [-0.1, -0.05) is 6.92 Å². The van der Waals surface area contributed by atoms with Crippen LogP contribution in [-0.4, -0.2) is 17.1 Å². The number of thiophene rings is 1. The van der Waals surface area contributed by atoms with Crippen LogP contribution < -0.4 is 0 Å². The number of rotatable bonds is 4. The molecule has 0 amide bonds. The van der Waals surface area contributed by atoms with Crippen LogP contribution in [-0.2, 0) is 11.2 Å². The molecule has 0 fully saturated rings. The highest BCUT2D eigenvalue weighted by Gasteiger charge is 2.22. The Labute approximate surface area is 111 Å². The van der Waals surface area contributed by atoms with Gasteiger partial charge in [0.15, 0.2) is 0 Å². The molecule has 2 aromatic rings. The molecule has 0 atom stereocenters. The Balaban J connectivity index is 2.56. The first-order chi connectivity index (χ1) is 8.69. The van der Waals surface area contributed by atoms with Crippen molar-refractivity contribution in [2.45, 2.75) is 27.2 Å². The molecule has 0 aliphatic rings. The van der Waals surface area contributed by atoms with Crippen molar-refractivity contribution in [3.8, 4) is 5.00 Å². The highest BCUT2D eigenvalue weighted by Crippen LogP contribution is 2.32. The van der Waals surface area contributed by atoms with Gasteiger partial charge in [0.1, 0.15) is 5.00 Å². The summed E-state index contributed by atoms with van der Waals surface area (Å²) >= 11 is 1.64. The molecule has 2 aromatic heterocycles. The lowest BCUT2D eigenvalue weighted by molar-refractivity contribution is 0.0526. The van der Waals surface area contributed by atoms with E-state index in [2.05, 4.69) is 13.8 Å². The average Bonchev–Trinajstić information content (AvgIpc) is 2.95. The normalized spacial score (nSPS) is 10.6. The van der Waals surface area contributed by atoms with E-state index in [1.807, 2.05) is 36.0 Å². The number of nitrogens with zero attached hydrogens (tertiary/aromatic N) is 1. The number of carbonyl (C=O) groups excluding carboxylic acids is 1. The van der Waals surface area contributed by atoms with E-state index in [-0.39, 0.29) is 5.97 Å². The van der Waals surface area contributed by atoms with Crippen molar-refractivity contribution in [2.75, 3.05) is 6.61 Å². The fourth-order valence-electron chi connectivity index (χ4n) is 2.05. The number of hydrogen-bond acceptors (Lipinski definition) is 3. The van der Waals surface area contributed by atoms with Gasteiger partial charge in [-0.25, -0.2) is 4.79 Å². The second-order valence-corrected chi connectivity index (χ2v) is 5.18. The van der Waals surface area contributed by atoms with E-state index in [0.29, 0.717) is 6.61 Å². The lowest BCUT2D eigenvalue weighted by Gasteiger charge is -2.07. The molecule has 0 aromatic carbocycles. The molecular weight excluding hydrogens is 246 g/mol. The van der Waals surface area contributed by atoms with Crippen molar-refractivity contribution in [2.24, 2.45) is 0 Å². The molecule has 0 spiro atoms. The minimum Gasteiger partial charge on any atom is -0.462 e. The quantitative estimate of drug-likeness (QED) is 0.789. The second kappa shape index (κ2) is 5.40. The molecule has 0 N–H and O–H groups in total. The number of ether oxygens (including phenoxy) is 1. The van der Waals surface area contributed by atoms with Crippen LogP contribution in [0.2, 0.25) is 0 Å². The maximum absolute atomic E-state index is 12.1. The van der Waals surface area contributed by atoms with Gasteiger partial charge in [-0.2, -0.15) is 0 Å². The Kier molecular flexibility index (Phi) is 3.87. The van der Waals surface area contributed by atoms with E-state index in [4.69, 9.17) is 4.74 Å². The highest BCUT2D eigenvalue weighted by atomic mass is 32.1. The third-order valence-electron chi connectivity index (χ3n) is 2.86. The average molecular weight is 263 g/mol. The van der Waals surface area contributed by atoms with Gasteiger partial charge in [0, 0.05) is 17.3 Å². The van der Waals surface area contributed by atoms with Gasteiger partial charge in [0.25, 0.3) is 0 Å². The number of hydrogen-bond donors (Lipinski definition) is 0. The maximum Gasteiger partial charge on any atom is 0.341 e. The van der Waals surface area contributed by atoms with Crippen LogP contribution in [0.1, 0.15) is 34.6 Å². The van der Waals surface area contributed by atoms with E-state index < -0.39 is 0 Å². The fraction of sp³-hybridized carbons (Fsp3) is 0.357. The van der Waals surface area contributed by atoms with Crippen LogP contribution >= 0.6 is 11.3 Å². The Morgan fingerprint density at radius 3 is 2.56 bits per heavy atom. The molecule has 0 bridgehead atoms. The number of aryl methyl sites for hydroxylation is 1. The third kappa shape index (κ3) is 2.20. The van der Waals surface area contributed by atoms with Crippen LogP contribution in [0.15, 0.2) is 24.5 Å². The summed E-state index contributed by atoms with van der Waals surface area (Å²) in [5.41, 5.74) is 1.82. The third-order valence-corrected chi connectivity index (χ3v) is 4.02. The lowest BCUT2D eigenvalue weighted by atomic mass is 10.1. The summed E-state index contributed by atoms with van der Waals surface area (Å²) < 4.78 is 7.15. The van der Waals surface area contributed by atoms with Crippen molar-refractivity contribution in [3.05, 3.63) is 40.5 Å². The number of esters is 1. The molecule has 96 valence electrons. The van der Waals surface area contributed by atoms with Gasteiger partial charge in [-0.15, -0.1) is 11.3 Å². The van der Waals surface area contributed by atoms with Crippen molar-refractivity contribution < 1.29 is 9.53 Å². The van der Waals surface area contributed by atoms with Gasteiger partial charge in [-0.3, -0.25) is 0 Å². The summed E-state index contributed by atoms with van der Waals surface area (Å²) in [4.78, 5) is 13.3. The van der Waals surface area contributed by atoms with Crippen LogP contribution in [0.25, 0.3) is 5.00 Å². The molecule has 0 saturated carbocycles. The highest BCUT2D eigenvalue weighted by molar-refractivity contribution is 7.15. The molecule has 0 aliphatic carbocycles. The first-order valence-corrected chi connectivity index (χ1v) is 6.93. The zero-order valence-corrected chi connectivity index (χ0v) is 11.7. The Morgan fingerprint density at radius 2 is 2.00 bits per heavy atom. The fourth-order valence-corrected chi connectivity index (χ4v) is 3.25. The molecule has 2 rings (SSSR count). The topological polar surface area (TPSA) is 31.2 Å². The lowest BCUT2D eigenvalue weighted by Crippen LogP contribution is -2.09. The number of carbonyl (C=O) groups is 1. The summed E-state index contributed by atoms with van der Waals surface area (Å²) in [5.74, 6) is -0.220. The van der Waals surface area contributed by atoms with Gasteiger partial charge >= 0.3 is 5.97 Å². The van der Waals surface area contributed by atoms with Crippen LogP contribution in [0, 0.1) is 6.92 Å². The van der Waals surface area contributed by atoms with Crippen LogP contribution in [0.5, 0.6) is 0 Å². The van der Waals surface area contributed by atoms with Gasteiger partial charge in [-0.05, 0) is 38.0 Å². The first kappa shape index (κ1) is 12.9. The summed E-state index contributed by atoms with van der Waals surface area (Å²) in [6.45, 7) is 6.36. The number of aromatic nitrogens is 1. The van der Waals surface area contributed by atoms with E-state index in [9.17, 15) is 4.79 Å². The van der Waals surface area contributed by atoms with Gasteiger partial charge in [0.05, 0.1) is 12.2 Å². The van der Waals surface area contributed by atoms with Gasteiger partial charge < -0.3 is 9.30 Å². The summed E-state index contributed by atoms with van der Waals surface area (Å²) in [7, 11) is 0. The van der Waals surface area contributed by atoms with Crippen molar-refractivity contribution >= 4 is 17.3 Å². The Hall–Kier alpha value is -1.55. The smallest absolute Gasteiger partial charge is 0.341 e. The van der Waals surface area contributed by atoms with Crippen LogP contribution in [0.3, 0.4) is 0 Å². The molecule has 3 nitrogen and oxygen atoms in total. The first-order valence-electron chi connectivity index (χ1n) is 6.11. The summed E-state index contributed by atoms with van der Waals surface area (Å²) in [6.07, 6.45) is 4.75. The standard InChI is InChI=1S/C14H17NO2S/c1-4-11-10(3)18-13(15-8-6-7-9-15)12(11)14(16)17-5-2/h6-9H,4-5H2,1-3H3. The molecule has 0 unspecified atom stereocenters. The monoisotopic (exact) mass is 263 g/mol. The Morgan fingerprint density at radius 1 is 1.33 bits per heavy atom. The molecule has 0 aliphatic heterocycles. The van der Waals surface area contributed by atoms with E-state index >= 15 is 0 Å². The zero-order chi connectivity index (χ0) is 13.1. The van der Waals surface area contributed by atoms with E-state index in [0.717, 1.165) is 22.5 Å². The zero-order valence-electron chi connectivity index (χ0n) is 10.9. The van der Waals surface area contributed by atoms with E-state index in [1.165, 1.54) is 4.88 Å². The SMILES string of the molecule is CCOC(=O)c1c(-n2cccc2)sc(C)c1CC.